The summed E-state index contributed by atoms with van der Waals surface area (Å²) in [6.45, 7) is 3.77. The molecule has 5 nitrogen and oxygen atoms in total. The van der Waals surface area contributed by atoms with Crippen LogP contribution < -0.4 is 10.1 Å². The van der Waals surface area contributed by atoms with Crippen molar-refractivity contribution in [2.75, 3.05) is 24.4 Å². The lowest BCUT2D eigenvalue weighted by molar-refractivity contribution is 0.396. The van der Waals surface area contributed by atoms with Crippen molar-refractivity contribution in [3.8, 4) is 5.88 Å². The lowest BCUT2D eigenvalue weighted by Crippen LogP contribution is -2.23. The van der Waals surface area contributed by atoms with Crippen molar-refractivity contribution in [2.45, 2.75) is 19.9 Å². The van der Waals surface area contributed by atoms with E-state index in [-0.39, 0.29) is 6.04 Å². The molecule has 0 aromatic carbocycles. The van der Waals surface area contributed by atoms with Crippen LogP contribution in [0.15, 0.2) is 6.07 Å². The first-order chi connectivity index (χ1) is 7.51. The van der Waals surface area contributed by atoms with Crippen LogP contribution in [0.4, 0.5) is 5.82 Å². The maximum Gasteiger partial charge on any atom is 0.218 e. The number of hydrogen-bond acceptors (Lipinski definition) is 5. The van der Waals surface area contributed by atoms with E-state index in [2.05, 4.69) is 15.3 Å². The van der Waals surface area contributed by atoms with E-state index in [9.17, 15) is 4.21 Å². The summed E-state index contributed by atoms with van der Waals surface area (Å²) in [7, 11) is 0.747. The van der Waals surface area contributed by atoms with Gasteiger partial charge in [-0.2, -0.15) is 4.98 Å². The molecule has 0 spiro atoms. The molecule has 2 unspecified atom stereocenters. The summed E-state index contributed by atoms with van der Waals surface area (Å²) in [4.78, 5) is 8.32. The van der Waals surface area contributed by atoms with Gasteiger partial charge in [0.25, 0.3) is 0 Å². The predicted molar refractivity (Wildman–Crippen MR) is 65.3 cm³/mol. The molecule has 0 radical (unpaired) electrons. The van der Waals surface area contributed by atoms with Crippen LogP contribution in [0.2, 0.25) is 0 Å². The zero-order valence-corrected chi connectivity index (χ0v) is 10.8. The molecule has 0 aliphatic carbocycles. The number of nitrogens with zero attached hydrogens (tertiary/aromatic N) is 2. The summed E-state index contributed by atoms with van der Waals surface area (Å²) in [5.74, 6) is 2.46. The summed E-state index contributed by atoms with van der Waals surface area (Å²) in [5, 5.41) is 3.16. The minimum atomic E-state index is -0.819. The fourth-order valence-electron chi connectivity index (χ4n) is 1.36. The van der Waals surface area contributed by atoms with Crippen molar-refractivity contribution in [1.82, 2.24) is 9.97 Å². The number of aryl methyl sites for hydroxylation is 1. The molecule has 1 rings (SSSR count). The molecule has 2 atom stereocenters. The first kappa shape index (κ1) is 12.9. The van der Waals surface area contributed by atoms with Gasteiger partial charge in [-0.15, -0.1) is 0 Å². The molecule has 0 saturated heterocycles. The molecular weight excluding hydrogens is 226 g/mol. The fourth-order valence-corrected chi connectivity index (χ4v) is 2.15. The van der Waals surface area contributed by atoms with Gasteiger partial charge in [0.2, 0.25) is 5.88 Å². The van der Waals surface area contributed by atoms with E-state index in [1.54, 1.807) is 26.4 Å². The Balaban J connectivity index is 2.72. The van der Waals surface area contributed by atoms with Crippen LogP contribution in [0.3, 0.4) is 0 Å². The molecule has 0 aliphatic heterocycles. The Morgan fingerprint density at radius 3 is 2.81 bits per heavy atom. The molecule has 0 aliphatic rings. The van der Waals surface area contributed by atoms with Crippen LogP contribution in [0.5, 0.6) is 5.88 Å². The highest BCUT2D eigenvalue weighted by Crippen LogP contribution is 2.13. The second-order valence-electron chi connectivity index (χ2n) is 3.63. The Morgan fingerprint density at radius 1 is 1.56 bits per heavy atom. The number of aromatic nitrogens is 2. The molecule has 1 aromatic rings. The lowest BCUT2D eigenvalue weighted by atomic mass is 10.4. The van der Waals surface area contributed by atoms with Gasteiger partial charge in [0.1, 0.15) is 11.6 Å². The topological polar surface area (TPSA) is 64.1 Å². The van der Waals surface area contributed by atoms with Gasteiger partial charge >= 0.3 is 0 Å². The first-order valence-electron chi connectivity index (χ1n) is 4.97. The van der Waals surface area contributed by atoms with E-state index < -0.39 is 10.8 Å². The standard InChI is InChI=1S/C10H17N3O2S/c1-7(6-16(4)14)11-9-5-10(15-3)13-8(2)12-9/h5,7H,6H2,1-4H3,(H,11,12,13). The van der Waals surface area contributed by atoms with Crippen LogP contribution >= 0.6 is 0 Å². The molecule has 1 aromatic heterocycles. The molecule has 0 bridgehead atoms. The van der Waals surface area contributed by atoms with Gasteiger partial charge in [-0.25, -0.2) is 4.98 Å². The predicted octanol–water partition coefficient (Wildman–Crippen LogP) is 0.973. The van der Waals surface area contributed by atoms with Gasteiger partial charge in [0.15, 0.2) is 0 Å². The average Bonchev–Trinajstić information content (AvgIpc) is 2.14. The van der Waals surface area contributed by atoms with Crippen LogP contribution in [-0.2, 0) is 10.8 Å². The number of methoxy groups -OCH3 is 1. The van der Waals surface area contributed by atoms with Gasteiger partial charge in [0.05, 0.1) is 7.11 Å². The Hall–Kier alpha value is -1.17. The third kappa shape index (κ3) is 4.14. The molecule has 0 fully saturated rings. The molecule has 0 amide bonds. The van der Waals surface area contributed by atoms with Crippen molar-refractivity contribution in [3.63, 3.8) is 0 Å². The lowest BCUT2D eigenvalue weighted by Gasteiger charge is -2.13. The van der Waals surface area contributed by atoms with Crippen molar-refractivity contribution in [3.05, 3.63) is 11.9 Å². The summed E-state index contributed by atoms with van der Waals surface area (Å²) in [5.41, 5.74) is 0. The van der Waals surface area contributed by atoms with E-state index >= 15 is 0 Å². The number of nitrogens with one attached hydrogen (secondary N) is 1. The Labute approximate surface area is 98.1 Å². The molecular formula is C10H17N3O2S. The van der Waals surface area contributed by atoms with Gasteiger partial charge in [-0.1, -0.05) is 0 Å². The maximum absolute atomic E-state index is 11.0. The third-order valence-electron chi connectivity index (χ3n) is 1.90. The zero-order chi connectivity index (χ0) is 12.1. The normalized spacial score (nSPS) is 14.2. The minimum Gasteiger partial charge on any atom is -0.481 e. The molecule has 16 heavy (non-hydrogen) atoms. The van der Waals surface area contributed by atoms with E-state index in [1.165, 1.54) is 0 Å². The maximum atomic E-state index is 11.0. The van der Waals surface area contributed by atoms with Crippen molar-refractivity contribution in [1.29, 1.82) is 0 Å². The Bertz CT molecular complexity index is 384. The molecule has 0 saturated carbocycles. The average molecular weight is 243 g/mol. The van der Waals surface area contributed by atoms with Gasteiger partial charge < -0.3 is 10.1 Å². The molecule has 1 heterocycles. The fraction of sp³-hybridized carbons (Fsp3) is 0.600. The largest absolute Gasteiger partial charge is 0.481 e. The van der Waals surface area contributed by atoms with E-state index in [0.29, 0.717) is 23.3 Å². The SMILES string of the molecule is COc1cc(NC(C)CS(C)=O)nc(C)n1. The van der Waals surface area contributed by atoms with E-state index in [4.69, 9.17) is 4.74 Å². The third-order valence-corrected chi connectivity index (χ3v) is 2.87. The smallest absolute Gasteiger partial charge is 0.218 e. The highest BCUT2D eigenvalue weighted by atomic mass is 32.2. The van der Waals surface area contributed by atoms with Crippen molar-refractivity contribution in [2.24, 2.45) is 0 Å². The van der Waals surface area contributed by atoms with E-state index in [0.717, 1.165) is 0 Å². The molecule has 1 N–H and O–H groups in total. The minimum absolute atomic E-state index is 0.102. The number of hydrogen-bond donors (Lipinski definition) is 1. The molecule has 6 heteroatoms. The second-order valence-corrected chi connectivity index (χ2v) is 5.11. The summed E-state index contributed by atoms with van der Waals surface area (Å²) < 4.78 is 16.1. The number of anilines is 1. The monoisotopic (exact) mass is 243 g/mol. The number of rotatable bonds is 5. The van der Waals surface area contributed by atoms with Crippen LogP contribution in [-0.4, -0.2) is 39.3 Å². The second kappa shape index (κ2) is 5.79. The van der Waals surface area contributed by atoms with Crippen LogP contribution in [0.1, 0.15) is 12.7 Å². The quantitative estimate of drug-likeness (QED) is 0.835. The first-order valence-corrected chi connectivity index (χ1v) is 6.70. The van der Waals surface area contributed by atoms with Crippen molar-refractivity contribution < 1.29 is 8.95 Å². The van der Waals surface area contributed by atoms with Gasteiger partial charge in [0, 0.05) is 34.9 Å². The van der Waals surface area contributed by atoms with Gasteiger partial charge in [-0.3, -0.25) is 4.21 Å². The Kier molecular flexibility index (Phi) is 4.67. The van der Waals surface area contributed by atoms with Crippen LogP contribution in [0.25, 0.3) is 0 Å². The highest BCUT2D eigenvalue weighted by molar-refractivity contribution is 7.84. The summed E-state index contributed by atoms with van der Waals surface area (Å²) in [6, 6.07) is 1.83. The van der Waals surface area contributed by atoms with Gasteiger partial charge in [-0.05, 0) is 13.8 Å². The molecule has 90 valence electrons. The van der Waals surface area contributed by atoms with E-state index in [1.807, 2.05) is 6.92 Å². The Morgan fingerprint density at radius 2 is 2.25 bits per heavy atom. The zero-order valence-electron chi connectivity index (χ0n) is 9.98. The summed E-state index contributed by atoms with van der Waals surface area (Å²) >= 11 is 0. The highest BCUT2D eigenvalue weighted by Gasteiger charge is 2.07. The summed E-state index contributed by atoms with van der Waals surface area (Å²) in [6.07, 6.45) is 1.68. The number of ether oxygens (including phenoxy) is 1. The van der Waals surface area contributed by atoms with Crippen molar-refractivity contribution >= 4 is 16.6 Å². The van der Waals surface area contributed by atoms with Crippen LogP contribution in [0, 0.1) is 6.92 Å².